The van der Waals surface area contributed by atoms with Gasteiger partial charge in [-0.05, 0) is 18.6 Å². The highest BCUT2D eigenvalue weighted by molar-refractivity contribution is 5.61. The van der Waals surface area contributed by atoms with E-state index in [0.29, 0.717) is 11.5 Å². The number of hydrogen-bond donors (Lipinski definition) is 3. The van der Waals surface area contributed by atoms with Crippen molar-refractivity contribution in [1.29, 1.82) is 0 Å². The van der Waals surface area contributed by atoms with Crippen LogP contribution in [-0.2, 0) is 0 Å². The molecule has 0 aliphatic heterocycles. The lowest BCUT2D eigenvalue weighted by atomic mass is 10.4. The minimum atomic E-state index is 0.385. The molecule has 0 bridgehead atoms. The lowest BCUT2D eigenvalue weighted by Gasteiger charge is -2.05. The Morgan fingerprint density at radius 3 is 2.75 bits per heavy atom. The summed E-state index contributed by atoms with van der Waals surface area (Å²) in [5.41, 5.74) is 11.5. The Morgan fingerprint density at radius 2 is 2.17 bits per heavy atom. The fourth-order valence-corrected chi connectivity index (χ4v) is 0.837. The summed E-state index contributed by atoms with van der Waals surface area (Å²) < 4.78 is 0. The molecule has 0 fully saturated rings. The third kappa shape index (κ3) is 2.02. The van der Waals surface area contributed by atoms with Crippen molar-refractivity contribution < 1.29 is 0 Å². The summed E-state index contributed by atoms with van der Waals surface area (Å²) >= 11 is 0. The second-order valence-corrected chi connectivity index (χ2v) is 2.60. The van der Waals surface area contributed by atoms with E-state index >= 15 is 0 Å². The van der Waals surface area contributed by atoms with E-state index in [1.54, 1.807) is 6.07 Å². The normalized spacial score (nSPS) is 9.75. The Kier molecular flexibility index (Phi) is 2.74. The molecule has 12 heavy (non-hydrogen) atoms. The standard InChI is InChI=1S/C8H14N4/c1-2-5-11-7-4-3-6(9)8(10)12-7/h3-4H,2,5,9H2,1H3,(H3,10,11,12). The van der Waals surface area contributed by atoms with Gasteiger partial charge in [0, 0.05) is 6.54 Å². The fraction of sp³-hybridized carbons (Fsp3) is 0.375. The number of aromatic nitrogens is 1. The molecule has 0 aliphatic carbocycles. The van der Waals surface area contributed by atoms with E-state index in [1.807, 2.05) is 6.07 Å². The van der Waals surface area contributed by atoms with Crippen LogP contribution in [-0.4, -0.2) is 11.5 Å². The van der Waals surface area contributed by atoms with E-state index in [9.17, 15) is 0 Å². The summed E-state index contributed by atoms with van der Waals surface area (Å²) in [6.07, 6.45) is 1.06. The zero-order valence-corrected chi connectivity index (χ0v) is 7.17. The van der Waals surface area contributed by atoms with Gasteiger partial charge in [0.25, 0.3) is 0 Å². The maximum absolute atomic E-state index is 5.52. The van der Waals surface area contributed by atoms with Crippen molar-refractivity contribution in [3.63, 3.8) is 0 Å². The van der Waals surface area contributed by atoms with Gasteiger partial charge in [0.2, 0.25) is 0 Å². The van der Waals surface area contributed by atoms with Crippen molar-refractivity contribution in [1.82, 2.24) is 4.98 Å². The summed E-state index contributed by atoms with van der Waals surface area (Å²) in [6, 6.07) is 3.57. The monoisotopic (exact) mass is 166 g/mol. The smallest absolute Gasteiger partial charge is 0.149 e. The van der Waals surface area contributed by atoms with Gasteiger partial charge in [0.05, 0.1) is 5.69 Å². The molecule has 1 rings (SSSR count). The van der Waals surface area contributed by atoms with Crippen LogP contribution in [0.3, 0.4) is 0 Å². The molecule has 1 aromatic rings. The van der Waals surface area contributed by atoms with E-state index in [2.05, 4.69) is 17.2 Å². The number of nitrogens with zero attached hydrogens (tertiary/aromatic N) is 1. The number of hydrogen-bond acceptors (Lipinski definition) is 4. The highest BCUT2D eigenvalue weighted by Crippen LogP contribution is 2.14. The minimum absolute atomic E-state index is 0.385. The summed E-state index contributed by atoms with van der Waals surface area (Å²) in [4.78, 5) is 4.05. The topological polar surface area (TPSA) is 77.0 Å². The van der Waals surface area contributed by atoms with E-state index < -0.39 is 0 Å². The van der Waals surface area contributed by atoms with Gasteiger partial charge < -0.3 is 16.8 Å². The van der Waals surface area contributed by atoms with Crippen molar-refractivity contribution in [3.05, 3.63) is 12.1 Å². The maximum atomic E-state index is 5.52. The fourth-order valence-electron chi connectivity index (χ4n) is 0.837. The van der Waals surface area contributed by atoms with Gasteiger partial charge in [-0.15, -0.1) is 0 Å². The molecular formula is C8H14N4. The zero-order chi connectivity index (χ0) is 8.97. The quantitative estimate of drug-likeness (QED) is 0.627. The Morgan fingerprint density at radius 1 is 1.42 bits per heavy atom. The summed E-state index contributed by atoms with van der Waals surface area (Å²) in [6.45, 7) is 2.99. The van der Waals surface area contributed by atoms with Crippen LogP contribution in [0.4, 0.5) is 17.3 Å². The number of nitrogens with two attached hydrogens (primary N) is 2. The first-order valence-electron chi connectivity index (χ1n) is 4.00. The number of nitrogens with one attached hydrogen (secondary N) is 1. The zero-order valence-electron chi connectivity index (χ0n) is 7.17. The van der Waals surface area contributed by atoms with Gasteiger partial charge in [0.1, 0.15) is 11.6 Å². The van der Waals surface area contributed by atoms with Crippen molar-refractivity contribution in [2.45, 2.75) is 13.3 Å². The van der Waals surface area contributed by atoms with Crippen molar-refractivity contribution >= 4 is 17.3 Å². The first-order chi connectivity index (χ1) is 5.74. The van der Waals surface area contributed by atoms with Crippen LogP contribution in [0.5, 0.6) is 0 Å². The van der Waals surface area contributed by atoms with Gasteiger partial charge in [-0.1, -0.05) is 6.92 Å². The van der Waals surface area contributed by atoms with E-state index in [4.69, 9.17) is 11.5 Å². The summed E-state index contributed by atoms with van der Waals surface area (Å²) in [5, 5.41) is 3.12. The Bertz CT molecular complexity index is 259. The molecule has 66 valence electrons. The molecule has 4 heteroatoms. The lowest BCUT2D eigenvalue weighted by molar-refractivity contribution is 0.970. The average molecular weight is 166 g/mol. The number of pyridine rings is 1. The number of anilines is 3. The van der Waals surface area contributed by atoms with Crippen LogP contribution < -0.4 is 16.8 Å². The maximum Gasteiger partial charge on any atom is 0.149 e. The molecule has 0 unspecified atom stereocenters. The minimum Gasteiger partial charge on any atom is -0.396 e. The predicted molar refractivity (Wildman–Crippen MR) is 51.8 cm³/mol. The van der Waals surface area contributed by atoms with E-state index in [0.717, 1.165) is 18.8 Å². The second kappa shape index (κ2) is 3.80. The Balaban J connectivity index is 2.69. The summed E-state index contributed by atoms with van der Waals surface area (Å²) in [5.74, 6) is 1.17. The molecule has 4 nitrogen and oxygen atoms in total. The van der Waals surface area contributed by atoms with Crippen LogP contribution >= 0.6 is 0 Å². The molecule has 0 saturated carbocycles. The third-order valence-electron chi connectivity index (χ3n) is 1.51. The van der Waals surface area contributed by atoms with Gasteiger partial charge in [-0.2, -0.15) is 0 Å². The van der Waals surface area contributed by atoms with E-state index in [-0.39, 0.29) is 0 Å². The lowest BCUT2D eigenvalue weighted by Crippen LogP contribution is -2.04. The molecule has 0 atom stereocenters. The highest BCUT2D eigenvalue weighted by Gasteiger charge is 1.96. The first-order valence-corrected chi connectivity index (χ1v) is 4.00. The van der Waals surface area contributed by atoms with Gasteiger partial charge in [-0.3, -0.25) is 0 Å². The highest BCUT2D eigenvalue weighted by atomic mass is 15.0. The SMILES string of the molecule is CCCNc1ccc(N)c(N)n1. The molecule has 0 aliphatic rings. The third-order valence-corrected chi connectivity index (χ3v) is 1.51. The molecular weight excluding hydrogens is 152 g/mol. The van der Waals surface area contributed by atoms with Crippen LogP contribution in [0.25, 0.3) is 0 Å². The molecule has 0 aromatic carbocycles. The first kappa shape index (κ1) is 8.64. The predicted octanol–water partition coefficient (Wildman–Crippen LogP) is 1.07. The van der Waals surface area contributed by atoms with Crippen LogP contribution in [0.1, 0.15) is 13.3 Å². The van der Waals surface area contributed by atoms with Gasteiger partial charge in [-0.25, -0.2) is 4.98 Å². The molecule has 1 heterocycles. The average Bonchev–Trinajstić information content (AvgIpc) is 2.07. The number of nitrogen functional groups attached to an aromatic ring is 2. The molecule has 0 amide bonds. The molecule has 0 spiro atoms. The Hall–Kier alpha value is -1.45. The molecule has 0 radical (unpaired) electrons. The Labute approximate surface area is 72.0 Å². The van der Waals surface area contributed by atoms with Gasteiger partial charge >= 0.3 is 0 Å². The van der Waals surface area contributed by atoms with Gasteiger partial charge in [0.15, 0.2) is 0 Å². The molecule has 5 N–H and O–H groups in total. The van der Waals surface area contributed by atoms with E-state index in [1.165, 1.54) is 0 Å². The van der Waals surface area contributed by atoms with Crippen molar-refractivity contribution in [2.24, 2.45) is 0 Å². The van der Waals surface area contributed by atoms with Crippen molar-refractivity contribution in [3.8, 4) is 0 Å². The second-order valence-electron chi connectivity index (χ2n) is 2.60. The van der Waals surface area contributed by atoms with Crippen LogP contribution in [0, 0.1) is 0 Å². The summed E-state index contributed by atoms with van der Waals surface area (Å²) in [7, 11) is 0. The molecule has 0 saturated heterocycles. The van der Waals surface area contributed by atoms with Crippen molar-refractivity contribution in [2.75, 3.05) is 23.3 Å². The molecule has 1 aromatic heterocycles. The number of rotatable bonds is 3. The largest absolute Gasteiger partial charge is 0.396 e. The van der Waals surface area contributed by atoms with Crippen LogP contribution in [0.2, 0.25) is 0 Å². The van der Waals surface area contributed by atoms with Crippen LogP contribution in [0.15, 0.2) is 12.1 Å².